The summed E-state index contributed by atoms with van der Waals surface area (Å²) in [5, 5.41) is 6.92. The lowest BCUT2D eigenvalue weighted by atomic mass is 10.1. The number of nitrogens with one attached hydrogen (secondary N) is 1. The zero-order valence-electron chi connectivity index (χ0n) is 15.9. The number of benzene rings is 2. The third kappa shape index (κ3) is 3.58. The fraction of sp³-hybridized carbons (Fsp3) is 0.0909. The smallest absolute Gasteiger partial charge is 0.244 e. The first kappa shape index (κ1) is 17.9. The second-order valence-electron chi connectivity index (χ2n) is 6.73. The van der Waals surface area contributed by atoms with Crippen molar-refractivity contribution in [3.63, 3.8) is 0 Å². The van der Waals surface area contributed by atoms with Crippen molar-refractivity contribution in [2.45, 2.75) is 13.0 Å². The molecule has 0 atom stereocenters. The summed E-state index contributed by atoms with van der Waals surface area (Å²) < 4.78 is 12.5. The molecule has 0 bridgehead atoms. The summed E-state index contributed by atoms with van der Waals surface area (Å²) in [6, 6.07) is 18.8. The molecule has 0 saturated carbocycles. The van der Waals surface area contributed by atoms with Crippen molar-refractivity contribution in [3.05, 3.63) is 84.7 Å². The van der Waals surface area contributed by atoms with Crippen LogP contribution in [0.3, 0.4) is 0 Å². The lowest BCUT2D eigenvalue weighted by Gasteiger charge is -2.10. The van der Waals surface area contributed by atoms with Gasteiger partial charge in [-0.25, -0.2) is 4.98 Å². The Morgan fingerprint density at radius 3 is 2.80 bits per heavy atom. The molecule has 0 fully saturated rings. The fourth-order valence-electron chi connectivity index (χ4n) is 3.27. The number of imidazole rings is 1. The van der Waals surface area contributed by atoms with Crippen molar-refractivity contribution in [1.29, 1.82) is 0 Å². The molecule has 3 heterocycles. The molecule has 148 valence electrons. The molecule has 1 N–H and O–H groups in total. The maximum atomic E-state index is 12.7. The van der Waals surface area contributed by atoms with E-state index in [0.717, 1.165) is 16.6 Å². The highest BCUT2D eigenvalue weighted by Crippen LogP contribution is 2.21. The summed E-state index contributed by atoms with van der Waals surface area (Å²) in [6.07, 6.45) is 3.61. The van der Waals surface area contributed by atoms with Crippen molar-refractivity contribution in [3.8, 4) is 11.6 Å². The predicted octanol–water partition coefficient (Wildman–Crippen LogP) is 3.91. The summed E-state index contributed by atoms with van der Waals surface area (Å²) in [5.74, 6) is 1.22. The second kappa shape index (κ2) is 7.67. The quantitative estimate of drug-likeness (QED) is 0.465. The molecule has 0 aliphatic carbocycles. The predicted molar refractivity (Wildman–Crippen MR) is 110 cm³/mol. The van der Waals surface area contributed by atoms with E-state index >= 15 is 0 Å². The SMILES string of the molecule is O=C(Cn1cnc2ccccc21)Nc1ccccc1Cc1nc(-c2ccco2)no1. The number of aromatic nitrogens is 4. The van der Waals surface area contributed by atoms with Crippen molar-refractivity contribution in [1.82, 2.24) is 19.7 Å². The van der Waals surface area contributed by atoms with Gasteiger partial charge in [-0.1, -0.05) is 35.5 Å². The van der Waals surface area contributed by atoms with Gasteiger partial charge in [0.25, 0.3) is 0 Å². The molecule has 8 nitrogen and oxygen atoms in total. The van der Waals surface area contributed by atoms with Crippen LogP contribution in [0.1, 0.15) is 11.5 Å². The van der Waals surface area contributed by atoms with Crippen LogP contribution in [0.15, 0.2) is 82.2 Å². The van der Waals surface area contributed by atoms with Crippen LogP contribution in [0.5, 0.6) is 0 Å². The van der Waals surface area contributed by atoms with Gasteiger partial charge in [0.15, 0.2) is 5.76 Å². The van der Waals surface area contributed by atoms with Crippen LogP contribution in [0.4, 0.5) is 5.69 Å². The number of hydrogen-bond acceptors (Lipinski definition) is 6. The highest BCUT2D eigenvalue weighted by molar-refractivity contribution is 5.92. The number of nitrogens with zero attached hydrogens (tertiary/aromatic N) is 4. The van der Waals surface area contributed by atoms with E-state index < -0.39 is 0 Å². The summed E-state index contributed by atoms with van der Waals surface area (Å²) in [4.78, 5) is 21.4. The van der Waals surface area contributed by atoms with Crippen LogP contribution in [0.2, 0.25) is 0 Å². The van der Waals surface area contributed by atoms with E-state index in [1.54, 1.807) is 24.7 Å². The summed E-state index contributed by atoms with van der Waals surface area (Å²) in [5.41, 5.74) is 3.34. The van der Waals surface area contributed by atoms with Crippen LogP contribution < -0.4 is 5.32 Å². The monoisotopic (exact) mass is 399 g/mol. The second-order valence-corrected chi connectivity index (χ2v) is 6.73. The Morgan fingerprint density at radius 1 is 1.03 bits per heavy atom. The molecule has 5 rings (SSSR count). The number of para-hydroxylation sites is 3. The first-order valence-electron chi connectivity index (χ1n) is 9.40. The number of furan rings is 1. The summed E-state index contributed by atoms with van der Waals surface area (Å²) in [7, 11) is 0. The zero-order chi connectivity index (χ0) is 20.3. The fourth-order valence-corrected chi connectivity index (χ4v) is 3.27. The first-order valence-corrected chi connectivity index (χ1v) is 9.40. The maximum Gasteiger partial charge on any atom is 0.244 e. The molecule has 0 radical (unpaired) electrons. The topological polar surface area (TPSA) is 99.0 Å². The number of anilines is 1. The average molecular weight is 399 g/mol. The lowest BCUT2D eigenvalue weighted by molar-refractivity contribution is -0.116. The van der Waals surface area contributed by atoms with Gasteiger partial charge in [0.05, 0.1) is 30.0 Å². The van der Waals surface area contributed by atoms with E-state index in [1.807, 2.05) is 53.1 Å². The molecule has 2 aromatic carbocycles. The molecule has 0 unspecified atom stereocenters. The molecular weight excluding hydrogens is 382 g/mol. The van der Waals surface area contributed by atoms with Gasteiger partial charge in [-0.3, -0.25) is 4.79 Å². The third-order valence-electron chi connectivity index (χ3n) is 4.68. The Balaban J connectivity index is 1.32. The standard InChI is InChI=1S/C22H17N5O3/c28-20(13-27-14-23-17-8-3-4-9-18(17)27)24-16-7-2-1-6-15(16)12-21-25-22(26-30-21)19-10-5-11-29-19/h1-11,14H,12-13H2,(H,24,28). The molecule has 0 spiro atoms. The van der Waals surface area contributed by atoms with Gasteiger partial charge < -0.3 is 18.8 Å². The van der Waals surface area contributed by atoms with Gasteiger partial charge in [-0.05, 0) is 35.9 Å². The van der Waals surface area contributed by atoms with E-state index in [1.165, 1.54) is 0 Å². The molecule has 0 saturated heterocycles. The molecule has 5 aromatic rings. The summed E-state index contributed by atoms with van der Waals surface area (Å²) in [6.45, 7) is 0.165. The van der Waals surface area contributed by atoms with Crippen LogP contribution in [0, 0.1) is 0 Å². The highest BCUT2D eigenvalue weighted by atomic mass is 16.5. The van der Waals surface area contributed by atoms with Gasteiger partial charge >= 0.3 is 0 Å². The van der Waals surface area contributed by atoms with E-state index in [-0.39, 0.29) is 12.5 Å². The number of carbonyl (C=O) groups is 1. The number of rotatable bonds is 6. The van der Waals surface area contributed by atoms with Gasteiger partial charge in [0.2, 0.25) is 17.6 Å². The molecule has 0 aliphatic heterocycles. The Bertz CT molecular complexity index is 1300. The minimum Gasteiger partial charge on any atom is -0.461 e. The van der Waals surface area contributed by atoms with Crippen molar-refractivity contribution >= 4 is 22.6 Å². The first-order chi connectivity index (χ1) is 14.8. The zero-order valence-corrected chi connectivity index (χ0v) is 15.9. The maximum absolute atomic E-state index is 12.7. The van der Waals surface area contributed by atoms with E-state index in [9.17, 15) is 4.79 Å². The van der Waals surface area contributed by atoms with E-state index in [0.29, 0.717) is 29.6 Å². The average Bonchev–Trinajstić information content (AvgIpc) is 3.51. The molecule has 1 amide bonds. The lowest BCUT2D eigenvalue weighted by Crippen LogP contribution is -2.19. The summed E-state index contributed by atoms with van der Waals surface area (Å²) >= 11 is 0. The minimum absolute atomic E-state index is 0.146. The van der Waals surface area contributed by atoms with Gasteiger partial charge in [-0.15, -0.1) is 0 Å². The largest absolute Gasteiger partial charge is 0.461 e. The molecule has 3 aromatic heterocycles. The molecular formula is C22H17N5O3. The van der Waals surface area contributed by atoms with Crippen LogP contribution in [-0.4, -0.2) is 25.6 Å². The van der Waals surface area contributed by atoms with E-state index in [2.05, 4.69) is 20.4 Å². The highest BCUT2D eigenvalue weighted by Gasteiger charge is 2.14. The van der Waals surface area contributed by atoms with Crippen LogP contribution in [-0.2, 0) is 17.8 Å². The normalized spacial score (nSPS) is 11.1. The Hall–Kier alpha value is -4.20. The number of fused-ring (bicyclic) bond motifs is 1. The number of amides is 1. The Morgan fingerprint density at radius 2 is 1.90 bits per heavy atom. The Labute approximate surface area is 171 Å². The molecule has 30 heavy (non-hydrogen) atoms. The van der Waals surface area contributed by atoms with E-state index in [4.69, 9.17) is 8.94 Å². The van der Waals surface area contributed by atoms with Crippen molar-refractivity contribution < 1.29 is 13.7 Å². The van der Waals surface area contributed by atoms with Crippen molar-refractivity contribution in [2.24, 2.45) is 0 Å². The number of hydrogen-bond donors (Lipinski definition) is 1. The van der Waals surface area contributed by atoms with Gasteiger partial charge in [-0.2, -0.15) is 4.98 Å². The minimum atomic E-state index is -0.146. The van der Waals surface area contributed by atoms with Gasteiger partial charge in [0.1, 0.15) is 6.54 Å². The van der Waals surface area contributed by atoms with Crippen molar-refractivity contribution in [2.75, 3.05) is 5.32 Å². The Kier molecular flexibility index (Phi) is 4.57. The molecule has 0 aliphatic rings. The third-order valence-corrected chi connectivity index (χ3v) is 4.68. The van der Waals surface area contributed by atoms with Gasteiger partial charge in [0, 0.05) is 5.69 Å². The van der Waals surface area contributed by atoms with Crippen LogP contribution in [0.25, 0.3) is 22.6 Å². The molecule has 8 heteroatoms. The van der Waals surface area contributed by atoms with Crippen LogP contribution >= 0.6 is 0 Å². The number of carbonyl (C=O) groups excluding carboxylic acids is 1.